The molecule has 0 spiro atoms. The minimum absolute atomic E-state index is 0.928. The molecule has 0 bridgehead atoms. The van der Waals surface area contributed by atoms with Crippen LogP contribution in [-0.4, -0.2) is 0 Å². The van der Waals surface area contributed by atoms with E-state index in [2.05, 4.69) is 218 Å². The van der Waals surface area contributed by atoms with Gasteiger partial charge >= 0.3 is 0 Å². The quantitative estimate of drug-likeness (QED) is 0.149. The lowest BCUT2D eigenvalue weighted by molar-refractivity contribution is 1.27. The number of benzene rings is 10. The number of para-hydroxylation sites is 1. The molecule has 56 heavy (non-hydrogen) atoms. The van der Waals surface area contributed by atoms with Crippen molar-refractivity contribution in [1.29, 1.82) is 0 Å². The van der Waals surface area contributed by atoms with Crippen LogP contribution in [-0.2, 0) is 0 Å². The number of fused-ring (bicyclic) bond motifs is 4. The number of aryl methyl sites for hydroxylation is 1. The van der Waals surface area contributed by atoms with Crippen LogP contribution in [0, 0.1) is 6.92 Å². The number of anilines is 2. The first-order valence-electron chi connectivity index (χ1n) is 19.3. The maximum atomic E-state index is 4.70. The third-order valence-corrected chi connectivity index (χ3v) is 11.3. The van der Waals surface area contributed by atoms with Gasteiger partial charge in [0.2, 0.25) is 0 Å². The number of rotatable bonds is 7. The first-order chi connectivity index (χ1) is 27.6. The van der Waals surface area contributed by atoms with Crippen LogP contribution < -0.4 is 4.90 Å². The first-order valence-corrected chi connectivity index (χ1v) is 19.3. The van der Waals surface area contributed by atoms with Crippen LogP contribution in [0.2, 0.25) is 0 Å². The first kappa shape index (κ1) is 33.4. The van der Waals surface area contributed by atoms with Crippen LogP contribution in [0.5, 0.6) is 0 Å². The van der Waals surface area contributed by atoms with Crippen molar-refractivity contribution in [2.24, 2.45) is 0 Å². The largest absolute Gasteiger partial charge is 0.310 e. The molecule has 0 fully saturated rings. The lowest BCUT2D eigenvalue weighted by atomic mass is 9.84. The number of hydrogen-bond donors (Lipinski definition) is 0. The van der Waals surface area contributed by atoms with Crippen LogP contribution in [0.1, 0.15) is 11.1 Å². The summed E-state index contributed by atoms with van der Waals surface area (Å²) in [4.78, 5) is 2.29. The summed E-state index contributed by atoms with van der Waals surface area (Å²) in [7, 11) is 0. The van der Waals surface area contributed by atoms with Gasteiger partial charge in [0.05, 0.1) is 0 Å². The lowest BCUT2D eigenvalue weighted by Crippen LogP contribution is -2.15. The second-order valence-electron chi connectivity index (χ2n) is 14.7. The van der Waals surface area contributed by atoms with Crippen LogP contribution in [0.3, 0.4) is 0 Å². The topological polar surface area (TPSA) is 3.24 Å². The van der Waals surface area contributed by atoms with Crippen molar-refractivity contribution in [2.45, 2.75) is 6.92 Å². The number of hydrogen-bond acceptors (Lipinski definition) is 1. The molecule has 0 aromatic heterocycles. The van der Waals surface area contributed by atoms with E-state index in [1.54, 1.807) is 0 Å². The van der Waals surface area contributed by atoms with E-state index in [0.29, 0.717) is 0 Å². The molecule has 0 N–H and O–H groups in total. The summed E-state index contributed by atoms with van der Waals surface area (Å²) in [5.41, 5.74) is 12.7. The molecule has 10 aromatic carbocycles. The van der Waals surface area contributed by atoms with Gasteiger partial charge in [-0.1, -0.05) is 183 Å². The van der Waals surface area contributed by atoms with Gasteiger partial charge in [-0.3, -0.25) is 0 Å². The highest BCUT2D eigenvalue weighted by Crippen LogP contribution is 2.45. The molecule has 0 aliphatic rings. The van der Waals surface area contributed by atoms with Gasteiger partial charge in [0, 0.05) is 17.1 Å². The average molecular weight is 714 g/mol. The monoisotopic (exact) mass is 713 g/mol. The molecular formula is C55H39N. The highest BCUT2D eigenvalue weighted by Gasteiger charge is 2.20. The molecule has 0 amide bonds. The third kappa shape index (κ3) is 5.82. The molecule has 0 aliphatic carbocycles. The summed E-state index contributed by atoms with van der Waals surface area (Å²) in [6.07, 6.45) is 0. The molecule has 10 rings (SSSR count). The van der Waals surface area contributed by atoms with Crippen LogP contribution in [0.15, 0.2) is 213 Å². The Labute approximate surface area is 328 Å². The Morgan fingerprint density at radius 3 is 1.62 bits per heavy atom. The van der Waals surface area contributed by atoms with Crippen molar-refractivity contribution in [3.05, 3.63) is 224 Å². The van der Waals surface area contributed by atoms with Gasteiger partial charge in [0.1, 0.15) is 0 Å². The minimum Gasteiger partial charge on any atom is -0.310 e. The van der Waals surface area contributed by atoms with Gasteiger partial charge in [-0.15, -0.1) is 0 Å². The zero-order chi connectivity index (χ0) is 37.6. The standard InChI is InChI=1S/C55H39N/c1-37-14-6-13-23-53(37)56(48-32-30-41-16-8-10-20-45(41)35-48)38(2)39-24-26-42(27-25-39)46-31-33-51-52(36-46)55(47-29-28-40-15-7-9-19-44(40)34-47)50-22-12-11-21-49(50)54(51)43-17-4-3-5-18-43/h3-36H,2H2,1H3. The fourth-order valence-corrected chi connectivity index (χ4v) is 8.48. The molecule has 0 heterocycles. The average Bonchev–Trinajstić information content (AvgIpc) is 3.26. The second kappa shape index (κ2) is 13.9. The van der Waals surface area contributed by atoms with Crippen molar-refractivity contribution in [1.82, 2.24) is 0 Å². The van der Waals surface area contributed by atoms with Gasteiger partial charge in [-0.05, 0) is 125 Å². The summed E-state index contributed by atoms with van der Waals surface area (Å²) in [6, 6.07) is 74.9. The molecule has 1 nitrogen and oxygen atoms in total. The molecule has 264 valence electrons. The molecule has 0 aliphatic heterocycles. The predicted molar refractivity (Wildman–Crippen MR) is 242 cm³/mol. The van der Waals surface area contributed by atoms with Crippen LogP contribution in [0.25, 0.3) is 82.2 Å². The van der Waals surface area contributed by atoms with Gasteiger partial charge in [0.25, 0.3) is 0 Å². The second-order valence-corrected chi connectivity index (χ2v) is 14.7. The minimum atomic E-state index is 0.928. The van der Waals surface area contributed by atoms with E-state index in [1.165, 1.54) is 76.5 Å². The number of nitrogens with zero attached hydrogens (tertiary/aromatic N) is 1. The summed E-state index contributed by atoms with van der Waals surface area (Å²) in [5, 5.41) is 9.91. The van der Waals surface area contributed by atoms with Crippen molar-refractivity contribution < 1.29 is 0 Å². The van der Waals surface area contributed by atoms with Crippen molar-refractivity contribution in [2.75, 3.05) is 4.90 Å². The Morgan fingerprint density at radius 2 is 0.911 bits per heavy atom. The molecule has 1 heteroatoms. The molecule has 10 aromatic rings. The maximum absolute atomic E-state index is 4.70. The Hall–Kier alpha value is -7.22. The Balaban J connectivity index is 1.12. The smallest absolute Gasteiger partial charge is 0.0490 e. The lowest BCUT2D eigenvalue weighted by Gasteiger charge is -2.29. The Morgan fingerprint density at radius 1 is 0.375 bits per heavy atom. The van der Waals surface area contributed by atoms with E-state index in [9.17, 15) is 0 Å². The zero-order valence-electron chi connectivity index (χ0n) is 31.3. The van der Waals surface area contributed by atoms with E-state index in [0.717, 1.165) is 28.2 Å². The maximum Gasteiger partial charge on any atom is 0.0490 e. The van der Waals surface area contributed by atoms with Crippen LogP contribution in [0.4, 0.5) is 11.4 Å². The van der Waals surface area contributed by atoms with Crippen molar-refractivity contribution in [3.63, 3.8) is 0 Å². The van der Waals surface area contributed by atoms with Gasteiger partial charge < -0.3 is 4.90 Å². The van der Waals surface area contributed by atoms with Gasteiger partial charge in [-0.2, -0.15) is 0 Å². The van der Waals surface area contributed by atoms with E-state index < -0.39 is 0 Å². The molecule has 0 saturated carbocycles. The fourth-order valence-electron chi connectivity index (χ4n) is 8.48. The highest BCUT2D eigenvalue weighted by molar-refractivity contribution is 6.22. The van der Waals surface area contributed by atoms with E-state index in [-0.39, 0.29) is 0 Å². The molecule has 0 unspecified atom stereocenters. The van der Waals surface area contributed by atoms with Crippen molar-refractivity contribution >= 4 is 60.2 Å². The van der Waals surface area contributed by atoms with Gasteiger partial charge in [0.15, 0.2) is 0 Å². The van der Waals surface area contributed by atoms with E-state index in [4.69, 9.17) is 6.58 Å². The highest BCUT2D eigenvalue weighted by atomic mass is 15.1. The third-order valence-electron chi connectivity index (χ3n) is 11.3. The van der Waals surface area contributed by atoms with Crippen molar-refractivity contribution in [3.8, 4) is 33.4 Å². The molecular weight excluding hydrogens is 675 g/mol. The summed E-state index contributed by atoms with van der Waals surface area (Å²) in [5.74, 6) is 0. The fraction of sp³-hybridized carbons (Fsp3) is 0.0182. The summed E-state index contributed by atoms with van der Waals surface area (Å²) < 4.78 is 0. The Kier molecular flexibility index (Phi) is 8.27. The molecule has 0 radical (unpaired) electrons. The van der Waals surface area contributed by atoms with Gasteiger partial charge in [-0.25, -0.2) is 0 Å². The van der Waals surface area contributed by atoms with E-state index >= 15 is 0 Å². The SMILES string of the molecule is C=C(c1ccc(-c2ccc3c(-c4ccccc4)c4ccccc4c(-c4ccc5ccccc5c4)c3c2)cc1)N(c1ccc2ccccc2c1)c1ccccc1C. The van der Waals surface area contributed by atoms with Crippen LogP contribution >= 0.6 is 0 Å². The van der Waals surface area contributed by atoms with E-state index in [1.807, 2.05) is 0 Å². The molecule has 0 atom stereocenters. The summed E-state index contributed by atoms with van der Waals surface area (Å²) in [6.45, 7) is 6.87. The normalized spacial score (nSPS) is 11.4. The summed E-state index contributed by atoms with van der Waals surface area (Å²) >= 11 is 0. The predicted octanol–water partition coefficient (Wildman–Crippen LogP) is 15.4. The Bertz CT molecular complexity index is 3100. The zero-order valence-corrected chi connectivity index (χ0v) is 31.3. The molecule has 0 saturated heterocycles.